The second kappa shape index (κ2) is 8.27. The van der Waals surface area contributed by atoms with E-state index >= 15 is 4.39 Å². The van der Waals surface area contributed by atoms with Gasteiger partial charge in [0.2, 0.25) is 0 Å². The molecule has 1 aliphatic rings. The number of fused-ring (bicyclic) bond motifs is 2. The van der Waals surface area contributed by atoms with Crippen LogP contribution in [0.2, 0.25) is 0 Å². The van der Waals surface area contributed by atoms with Gasteiger partial charge in [0.05, 0.1) is 34.5 Å². The lowest BCUT2D eigenvalue weighted by Gasteiger charge is -2.21. The first-order valence-corrected chi connectivity index (χ1v) is 11.9. The van der Waals surface area contributed by atoms with Crippen LogP contribution in [0.15, 0.2) is 59.8 Å². The molecule has 8 nitrogen and oxygen atoms in total. The number of rotatable bonds is 4. The topological polar surface area (TPSA) is 74.6 Å². The molecule has 6 rings (SSSR count). The van der Waals surface area contributed by atoms with Crippen molar-refractivity contribution in [3.05, 3.63) is 93.9 Å². The molecule has 4 heterocycles. The number of benzene rings is 2. The van der Waals surface area contributed by atoms with Crippen molar-refractivity contribution in [3.8, 4) is 11.5 Å². The summed E-state index contributed by atoms with van der Waals surface area (Å²) in [6, 6.07) is 9.31. The quantitative estimate of drug-likeness (QED) is 0.417. The molecule has 0 fully saturated rings. The van der Waals surface area contributed by atoms with Crippen molar-refractivity contribution in [2.45, 2.75) is 32.4 Å². The van der Waals surface area contributed by atoms with E-state index in [9.17, 15) is 9.18 Å². The lowest BCUT2D eigenvalue weighted by molar-refractivity contribution is 0.533. The minimum atomic E-state index is -0.509. The minimum Gasteiger partial charge on any atom is -0.310 e. The van der Waals surface area contributed by atoms with Gasteiger partial charge >= 0.3 is 5.69 Å². The van der Waals surface area contributed by atoms with E-state index in [4.69, 9.17) is 5.10 Å². The van der Waals surface area contributed by atoms with Crippen molar-refractivity contribution in [1.82, 2.24) is 34.0 Å². The Morgan fingerprint density at radius 1 is 1.08 bits per heavy atom. The summed E-state index contributed by atoms with van der Waals surface area (Å²) in [5, 5.41) is 12.8. The maximum absolute atomic E-state index is 15.4. The molecule has 0 amide bonds. The maximum Gasteiger partial charge on any atom is 0.338 e. The van der Waals surface area contributed by atoms with Crippen molar-refractivity contribution in [1.29, 1.82) is 0 Å². The van der Waals surface area contributed by atoms with Gasteiger partial charge in [-0.3, -0.25) is 13.8 Å². The summed E-state index contributed by atoms with van der Waals surface area (Å²) >= 11 is 0. The van der Waals surface area contributed by atoms with Gasteiger partial charge in [-0.25, -0.2) is 18.3 Å². The van der Waals surface area contributed by atoms with Crippen LogP contribution in [-0.4, -0.2) is 35.2 Å². The number of nitrogens with zero attached hydrogens (tertiary/aromatic N) is 6. The van der Waals surface area contributed by atoms with E-state index in [0.717, 1.165) is 29.8 Å². The monoisotopic (exact) mass is 489 g/mol. The number of aryl methyl sites for hydroxylation is 1. The van der Waals surface area contributed by atoms with Crippen LogP contribution < -0.4 is 11.0 Å². The minimum absolute atomic E-state index is 0.0309. The third-order valence-electron chi connectivity index (χ3n) is 7.07. The number of imidazole rings is 1. The normalized spacial score (nSPS) is 16.4. The number of nitrogens with one attached hydrogen (secondary N) is 1. The lowest BCUT2D eigenvalue weighted by atomic mass is 10.0. The molecule has 1 aliphatic heterocycles. The van der Waals surface area contributed by atoms with Gasteiger partial charge in [-0.15, -0.1) is 0 Å². The molecule has 0 saturated carbocycles. The van der Waals surface area contributed by atoms with E-state index in [2.05, 4.69) is 10.4 Å². The highest BCUT2D eigenvalue weighted by molar-refractivity contribution is 5.81. The Labute approximate surface area is 205 Å². The highest BCUT2D eigenvalue weighted by atomic mass is 19.1. The SMILES string of the molecule is C[C@@H]1NCCc2nn([C@@H](C)c3ccc(F)cc3)c(-n3ccn(-c4ccc5c(cnn5C)c4F)c3=O)c21. The van der Waals surface area contributed by atoms with Crippen molar-refractivity contribution < 1.29 is 8.78 Å². The summed E-state index contributed by atoms with van der Waals surface area (Å²) in [4.78, 5) is 13.7. The predicted octanol–water partition coefficient (Wildman–Crippen LogP) is 3.81. The largest absolute Gasteiger partial charge is 0.338 e. The first kappa shape index (κ1) is 22.4. The van der Waals surface area contributed by atoms with Crippen LogP contribution in [0.5, 0.6) is 0 Å². The zero-order chi connectivity index (χ0) is 25.1. The molecule has 5 aromatic rings. The summed E-state index contributed by atoms with van der Waals surface area (Å²) in [6.07, 6.45) is 5.38. The van der Waals surface area contributed by atoms with Gasteiger partial charge in [-0.2, -0.15) is 10.2 Å². The average Bonchev–Trinajstić information content (AvgIpc) is 3.55. The van der Waals surface area contributed by atoms with Crippen LogP contribution in [0.3, 0.4) is 0 Å². The van der Waals surface area contributed by atoms with Crippen LogP contribution in [0, 0.1) is 11.6 Å². The fraction of sp³-hybridized carbons (Fsp3) is 0.269. The van der Waals surface area contributed by atoms with Gasteiger partial charge in [0.15, 0.2) is 5.82 Å². The van der Waals surface area contributed by atoms with Gasteiger partial charge in [-0.1, -0.05) is 12.1 Å². The van der Waals surface area contributed by atoms with Gasteiger partial charge in [0, 0.05) is 44.0 Å². The predicted molar refractivity (Wildman–Crippen MR) is 132 cm³/mol. The second-order valence-corrected chi connectivity index (χ2v) is 9.20. The van der Waals surface area contributed by atoms with Crippen LogP contribution >= 0.6 is 0 Å². The third kappa shape index (κ3) is 3.32. The van der Waals surface area contributed by atoms with E-state index < -0.39 is 11.5 Å². The molecule has 2 atom stereocenters. The van der Waals surface area contributed by atoms with Crippen molar-refractivity contribution in [2.75, 3.05) is 6.54 Å². The molecule has 0 bridgehead atoms. The molecule has 0 radical (unpaired) electrons. The van der Waals surface area contributed by atoms with Crippen molar-refractivity contribution >= 4 is 10.9 Å². The number of hydrogen-bond donors (Lipinski definition) is 1. The Balaban J connectivity index is 1.53. The van der Waals surface area contributed by atoms with Crippen LogP contribution in [0.25, 0.3) is 22.4 Å². The van der Waals surface area contributed by atoms with Gasteiger partial charge in [0.1, 0.15) is 11.6 Å². The molecule has 184 valence electrons. The van der Waals surface area contributed by atoms with E-state index in [1.165, 1.54) is 27.5 Å². The summed E-state index contributed by atoms with van der Waals surface area (Å²) < 4.78 is 35.2. The molecule has 10 heteroatoms. The molecular formula is C26H25F2N7O. The van der Waals surface area contributed by atoms with Gasteiger partial charge in [0.25, 0.3) is 0 Å². The number of halogens is 2. The molecule has 0 unspecified atom stereocenters. The Morgan fingerprint density at radius 3 is 2.61 bits per heavy atom. The average molecular weight is 490 g/mol. The standard InChI is InChI=1S/C26H25F2N7O/c1-15-23-20(10-11-29-15)31-35(16(2)17-4-6-18(27)7-5-17)25(23)34-13-12-33(26(34)36)22-9-8-21-19(24(22)28)14-30-32(21)3/h4-9,12-16,29H,10-11H2,1-3H3/t15-,16-/m0/s1. The molecule has 3 aromatic heterocycles. The zero-order valence-corrected chi connectivity index (χ0v) is 20.1. The Kier molecular flexibility index (Phi) is 5.15. The highest BCUT2D eigenvalue weighted by Gasteiger charge is 2.30. The van der Waals surface area contributed by atoms with E-state index in [1.807, 2.05) is 18.5 Å². The van der Waals surface area contributed by atoms with Crippen molar-refractivity contribution in [3.63, 3.8) is 0 Å². The first-order valence-electron chi connectivity index (χ1n) is 11.9. The molecule has 2 aromatic carbocycles. The first-order chi connectivity index (χ1) is 17.3. The molecule has 0 saturated heterocycles. The zero-order valence-electron chi connectivity index (χ0n) is 20.1. The molecule has 1 N–H and O–H groups in total. The number of hydrogen-bond acceptors (Lipinski definition) is 4. The Hall–Kier alpha value is -4.05. The fourth-order valence-corrected chi connectivity index (χ4v) is 5.10. The molecule has 36 heavy (non-hydrogen) atoms. The molecular weight excluding hydrogens is 464 g/mol. The van der Waals surface area contributed by atoms with E-state index in [-0.39, 0.29) is 23.6 Å². The van der Waals surface area contributed by atoms with Crippen molar-refractivity contribution in [2.24, 2.45) is 7.05 Å². The van der Waals surface area contributed by atoms with Crippen LogP contribution in [0.1, 0.15) is 42.8 Å². The number of aromatic nitrogens is 6. The summed E-state index contributed by atoms with van der Waals surface area (Å²) in [5.74, 6) is -0.205. The Morgan fingerprint density at radius 2 is 1.83 bits per heavy atom. The highest BCUT2D eigenvalue weighted by Crippen LogP contribution is 2.32. The molecule has 0 spiro atoms. The Bertz CT molecular complexity index is 1660. The third-order valence-corrected chi connectivity index (χ3v) is 7.07. The van der Waals surface area contributed by atoms with Crippen LogP contribution in [0.4, 0.5) is 8.78 Å². The van der Waals surface area contributed by atoms with E-state index in [1.54, 1.807) is 48.4 Å². The fourth-order valence-electron chi connectivity index (χ4n) is 5.10. The summed E-state index contributed by atoms with van der Waals surface area (Å²) in [7, 11) is 1.74. The van der Waals surface area contributed by atoms with Crippen LogP contribution in [-0.2, 0) is 13.5 Å². The molecule has 0 aliphatic carbocycles. The summed E-state index contributed by atoms with van der Waals surface area (Å²) in [5.41, 5.74) is 3.08. The summed E-state index contributed by atoms with van der Waals surface area (Å²) in [6.45, 7) is 4.78. The maximum atomic E-state index is 15.4. The van der Waals surface area contributed by atoms with Gasteiger partial charge < -0.3 is 5.32 Å². The van der Waals surface area contributed by atoms with Gasteiger partial charge in [-0.05, 0) is 43.7 Å². The smallest absolute Gasteiger partial charge is 0.310 e. The van der Waals surface area contributed by atoms with E-state index in [0.29, 0.717) is 16.7 Å². The second-order valence-electron chi connectivity index (χ2n) is 9.20. The lowest BCUT2D eigenvalue weighted by Crippen LogP contribution is -2.30.